The molecule has 3 aromatic rings. The van der Waals surface area contributed by atoms with E-state index < -0.39 is 17.5 Å². The molecule has 0 saturated heterocycles. The molecule has 2 aromatic carbocycles. The first-order chi connectivity index (χ1) is 15.0. The molecule has 10 heteroatoms. The quantitative estimate of drug-likeness (QED) is 0.194. The van der Waals surface area contributed by atoms with Crippen molar-refractivity contribution in [2.24, 2.45) is 5.11 Å². The number of hydrogen-bond acceptors (Lipinski definition) is 7. The number of rotatable bonds is 8. The van der Waals surface area contributed by atoms with Crippen LogP contribution in [-0.2, 0) is 27.4 Å². The van der Waals surface area contributed by atoms with Crippen LogP contribution in [0.25, 0.3) is 21.4 Å². The molecular formula is C21H18N4O6. The average molecular weight is 422 g/mol. The summed E-state index contributed by atoms with van der Waals surface area (Å²) in [5.41, 5.74) is 9.93. The summed E-state index contributed by atoms with van der Waals surface area (Å²) >= 11 is 0. The zero-order chi connectivity index (χ0) is 22.2. The Labute approximate surface area is 176 Å². The van der Waals surface area contributed by atoms with Crippen LogP contribution in [0.5, 0.6) is 5.75 Å². The number of nitrogens with zero attached hydrogens (tertiary/aromatic N) is 3. The molecule has 0 fully saturated rings. The van der Waals surface area contributed by atoms with Gasteiger partial charge in [-0.25, -0.2) is 4.79 Å². The van der Waals surface area contributed by atoms with E-state index in [1.165, 1.54) is 13.2 Å². The molecule has 0 saturated carbocycles. The number of azide groups is 1. The predicted molar refractivity (Wildman–Crippen MR) is 111 cm³/mol. The van der Waals surface area contributed by atoms with Crippen molar-refractivity contribution in [1.29, 1.82) is 0 Å². The zero-order valence-corrected chi connectivity index (χ0v) is 16.5. The van der Waals surface area contributed by atoms with Crippen molar-refractivity contribution in [3.63, 3.8) is 0 Å². The van der Waals surface area contributed by atoms with Crippen molar-refractivity contribution in [1.82, 2.24) is 5.32 Å². The zero-order valence-electron chi connectivity index (χ0n) is 16.5. The minimum absolute atomic E-state index is 0.100. The lowest BCUT2D eigenvalue weighted by Crippen LogP contribution is -2.31. The first-order valence-corrected chi connectivity index (χ1v) is 9.15. The van der Waals surface area contributed by atoms with Crippen molar-refractivity contribution in [2.45, 2.75) is 13.0 Å². The van der Waals surface area contributed by atoms with Gasteiger partial charge in [-0.15, -0.1) is 0 Å². The van der Waals surface area contributed by atoms with Crippen LogP contribution in [-0.4, -0.2) is 25.5 Å². The van der Waals surface area contributed by atoms with Gasteiger partial charge in [-0.2, -0.15) is 0 Å². The van der Waals surface area contributed by atoms with Gasteiger partial charge in [-0.05, 0) is 28.8 Å². The summed E-state index contributed by atoms with van der Waals surface area (Å²) in [6.45, 7) is -0.00154. The van der Waals surface area contributed by atoms with Crippen molar-refractivity contribution in [2.75, 3.05) is 13.7 Å². The van der Waals surface area contributed by atoms with Crippen LogP contribution < -0.4 is 15.7 Å². The normalized spacial score (nSPS) is 10.2. The molecule has 0 aliphatic rings. The Morgan fingerprint density at radius 1 is 1.16 bits per heavy atom. The molecule has 0 aliphatic carbocycles. The van der Waals surface area contributed by atoms with Gasteiger partial charge >= 0.3 is 11.6 Å². The fourth-order valence-corrected chi connectivity index (χ4v) is 2.80. The molecule has 31 heavy (non-hydrogen) atoms. The summed E-state index contributed by atoms with van der Waals surface area (Å²) < 4.78 is 15.5. The van der Waals surface area contributed by atoms with Gasteiger partial charge in [0.25, 0.3) is 0 Å². The summed E-state index contributed by atoms with van der Waals surface area (Å²) in [5, 5.41) is 6.52. The van der Waals surface area contributed by atoms with E-state index in [1.807, 2.05) is 0 Å². The molecule has 1 amide bonds. The van der Waals surface area contributed by atoms with Crippen LogP contribution in [0, 0.1) is 0 Å². The van der Waals surface area contributed by atoms with Gasteiger partial charge in [0.2, 0.25) is 5.91 Å². The Balaban J connectivity index is 1.73. The first-order valence-electron chi connectivity index (χ1n) is 9.15. The number of hydrogen-bond donors (Lipinski definition) is 1. The predicted octanol–water partition coefficient (Wildman–Crippen LogP) is 3.15. The van der Waals surface area contributed by atoms with Crippen LogP contribution in [0.4, 0.5) is 5.69 Å². The third-order valence-corrected chi connectivity index (χ3v) is 4.31. The lowest BCUT2D eigenvalue weighted by atomic mass is 10.1. The lowest BCUT2D eigenvalue weighted by Gasteiger charge is -2.09. The van der Waals surface area contributed by atoms with Gasteiger partial charge in [0.05, 0.1) is 13.5 Å². The Morgan fingerprint density at radius 2 is 1.94 bits per heavy atom. The first kappa shape index (κ1) is 21.4. The monoisotopic (exact) mass is 422 g/mol. The van der Waals surface area contributed by atoms with Gasteiger partial charge in [0.15, 0.2) is 0 Å². The minimum atomic E-state index is -0.603. The lowest BCUT2D eigenvalue weighted by molar-refractivity contribution is -0.141. The standard InChI is InChI=1S/C21H18N4O6/c1-29-21(28)11-23-19(26)8-14-9-20(27)31-18-10-16(6-7-17(14)18)30-12-13-2-4-15(5-3-13)24-25-22/h2-7,9-10H,8,11-12H2,1H3,(H,23,26). The fraction of sp³-hybridized carbons (Fsp3) is 0.190. The highest BCUT2D eigenvalue weighted by Crippen LogP contribution is 2.24. The maximum Gasteiger partial charge on any atom is 0.336 e. The number of fused-ring (bicyclic) bond motifs is 1. The van der Waals surface area contributed by atoms with E-state index in [1.54, 1.807) is 42.5 Å². The molecule has 10 nitrogen and oxygen atoms in total. The molecule has 3 rings (SSSR count). The maximum atomic E-state index is 12.1. The number of carbonyl (C=O) groups excluding carboxylic acids is 2. The number of amides is 1. The molecule has 0 unspecified atom stereocenters. The highest BCUT2D eigenvalue weighted by molar-refractivity contribution is 5.89. The highest BCUT2D eigenvalue weighted by Gasteiger charge is 2.12. The number of carbonyl (C=O) groups is 2. The summed E-state index contributed by atoms with van der Waals surface area (Å²) in [7, 11) is 1.22. The van der Waals surface area contributed by atoms with Gasteiger partial charge in [-0.1, -0.05) is 29.4 Å². The number of esters is 1. The van der Waals surface area contributed by atoms with Gasteiger partial charge in [0, 0.05) is 28.1 Å². The summed E-state index contributed by atoms with van der Waals surface area (Å²) in [6, 6.07) is 13.1. The van der Waals surface area contributed by atoms with Gasteiger partial charge in [-0.3, -0.25) is 9.59 Å². The topological polar surface area (TPSA) is 144 Å². The smallest absolute Gasteiger partial charge is 0.336 e. The van der Waals surface area contributed by atoms with Gasteiger partial charge < -0.3 is 19.2 Å². The molecular weight excluding hydrogens is 404 g/mol. The van der Waals surface area contributed by atoms with Crippen LogP contribution in [0.1, 0.15) is 11.1 Å². The van der Waals surface area contributed by atoms with Crippen LogP contribution in [0.2, 0.25) is 0 Å². The average Bonchev–Trinajstić information content (AvgIpc) is 2.76. The van der Waals surface area contributed by atoms with Crippen LogP contribution in [0.3, 0.4) is 0 Å². The molecule has 0 radical (unpaired) electrons. The van der Waals surface area contributed by atoms with Crippen molar-refractivity contribution in [3.8, 4) is 5.75 Å². The molecule has 1 N–H and O–H groups in total. The Hall–Kier alpha value is -4.30. The molecule has 0 atom stereocenters. The van der Waals surface area contributed by atoms with E-state index in [9.17, 15) is 14.4 Å². The third kappa shape index (κ3) is 5.84. The molecule has 0 bridgehead atoms. The third-order valence-electron chi connectivity index (χ3n) is 4.31. The van der Waals surface area contributed by atoms with E-state index in [0.717, 1.165) is 5.56 Å². The molecule has 0 spiro atoms. The Kier molecular flexibility index (Phi) is 6.87. The summed E-state index contributed by atoms with van der Waals surface area (Å²) in [4.78, 5) is 37.9. The summed E-state index contributed by atoms with van der Waals surface area (Å²) in [6.07, 6.45) is -0.100. The van der Waals surface area contributed by atoms with E-state index in [4.69, 9.17) is 14.7 Å². The second-order valence-corrected chi connectivity index (χ2v) is 6.42. The van der Waals surface area contributed by atoms with Gasteiger partial charge in [0.1, 0.15) is 24.5 Å². The largest absolute Gasteiger partial charge is 0.489 e. The molecule has 0 aliphatic heterocycles. The van der Waals surface area contributed by atoms with E-state index in [-0.39, 0.29) is 25.2 Å². The minimum Gasteiger partial charge on any atom is -0.489 e. The van der Waals surface area contributed by atoms with Crippen molar-refractivity contribution >= 4 is 28.5 Å². The number of benzene rings is 2. The van der Waals surface area contributed by atoms with Crippen molar-refractivity contribution in [3.05, 3.63) is 80.5 Å². The van der Waals surface area contributed by atoms with E-state index in [2.05, 4.69) is 20.1 Å². The maximum absolute atomic E-state index is 12.1. The van der Waals surface area contributed by atoms with E-state index in [0.29, 0.717) is 22.4 Å². The summed E-state index contributed by atoms with van der Waals surface area (Å²) in [5.74, 6) is -0.524. The number of ether oxygens (including phenoxy) is 2. The molecule has 158 valence electrons. The van der Waals surface area contributed by atoms with E-state index >= 15 is 0 Å². The fourth-order valence-electron chi connectivity index (χ4n) is 2.80. The van der Waals surface area contributed by atoms with Crippen molar-refractivity contribution < 1.29 is 23.5 Å². The van der Waals surface area contributed by atoms with Crippen LogP contribution >= 0.6 is 0 Å². The second kappa shape index (κ2) is 9.95. The molecule has 1 aromatic heterocycles. The van der Waals surface area contributed by atoms with Crippen LogP contribution in [0.15, 0.2) is 62.9 Å². The SMILES string of the molecule is COC(=O)CNC(=O)Cc1cc(=O)oc2cc(OCc3ccc(N=[N+]=[N-])cc3)ccc12. The second-order valence-electron chi connectivity index (χ2n) is 6.42. The highest BCUT2D eigenvalue weighted by atomic mass is 16.5. The Bertz CT molecular complexity index is 1210. The number of nitrogens with one attached hydrogen (secondary N) is 1. The number of methoxy groups -OCH3 is 1. The molecule has 1 heterocycles. The Morgan fingerprint density at radius 3 is 2.65 bits per heavy atom.